The second kappa shape index (κ2) is 7.20. The van der Waals surface area contributed by atoms with Crippen molar-refractivity contribution < 1.29 is 0 Å². The molecule has 0 unspecified atom stereocenters. The second-order valence-electron chi connectivity index (χ2n) is 5.86. The molecule has 0 saturated carbocycles. The molecular formula is C17H22N8. The molecule has 0 radical (unpaired) electrons. The summed E-state index contributed by atoms with van der Waals surface area (Å²) in [5, 5.41) is 4.42. The summed E-state index contributed by atoms with van der Waals surface area (Å²) in [5.41, 5.74) is 24.6. The molecule has 3 rings (SSSR count). The first-order valence-electron chi connectivity index (χ1n) is 7.89. The van der Waals surface area contributed by atoms with Gasteiger partial charge in [-0.2, -0.15) is 5.10 Å². The maximum atomic E-state index is 6.07. The van der Waals surface area contributed by atoms with Crippen LogP contribution in [0.3, 0.4) is 0 Å². The highest BCUT2D eigenvalue weighted by molar-refractivity contribution is 5.68. The Bertz CT molecular complexity index is 871. The van der Waals surface area contributed by atoms with Crippen LogP contribution in [-0.4, -0.2) is 14.8 Å². The number of hydrazine groups is 1. The van der Waals surface area contributed by atoms with Crippen LogP contribution in [0.2, 0.25) is 0 Å². The predicted octanol–water partition coefficient (Wildman–Crippen LogP) is 0.826. The highest BCUT2D eigenvalue weighted by Crippen LogP contribution is 2.24. The zero-order valence-electron chi connectivity index (χ0n) is 13.8. The van der Waals surface area contributed by atoms with Gasteiger partial charge < -0.3 is 22.6 Å². The number of anilines is 3. The van der Waals surface area contributed by atoms with Gasteiger partial charge in [0.25, 0.3) is 0 Å². The molecule has 0 saturated heterocycles. The molecule has 8 nitrogen and oxygen atoms in total. The lowest BCUT2D eigenvalue weighted by Crippen LogP contribution is -2.13. The lowest BCUT2D eigenvalue weighted by atomic mass is 10.1. The maximum absolute atomic E-state index is 6.07. The first-order valence-corrected chi connectivity index (χ1v) is 7.89. The Labute approximate surface area is 145 Å². The van der Waals surface area contributed by atoms with Gasteiger partial charge in [-0.05, 0) is 28.3 Å². The summed E-state index contributed by atoms with van der Waals surface area (Å²) in [5.74, 6) is 6.16. The number of benzene rings is 1. The summed E-state index contributed by atoms with van der Waals surface area (Å²) >= 11 is 0. The van der Waals surface area contributed by atoms with Gasteiger partial charge in [0.15, 0.2) is 5.82 Å². The lowest BCUT2D eigenvalue weighted by Gasteiger charge is -2.10. The van der Waals surface area contributed by atoms with Crippen molar-refractivity contribution in [1.82, 2.24) is 14.8 Å². The second-order valence-corrected chi connectivity index (χ2v) is 5.86. The molecule has 0 aliphatic heterocycles. The van der Waals surface area contributed by atoms with E-state index in [-0.39, 0.29) is 0 Å². The van der Waals surface area contributed by atoms with E-state index in [2.05, 4.69) is 27.6 Å². The molecule has 1 aromatic carbocycles. The zero-order valence-corrected chi connectivity index (χ0v) is 13.8. The number of nitrogens with one attached hydrogen (secondary N) is 1. The molecule has 3 aromatic rings. The van der Waals surface area contributed by atoms with E-state index in [1.165, 1.54) is 0 Å². The van der Waals surface area contributed by atoms with Crippen LogP contribution in [0.25, 0.3) is 0 Å². The molecule has 0 spiro atoms. The van der Waals surface area contributed by atoms with Crippen LogP contribution in [0, 0.1) is 0 Å². The van der Waals surface area contributed by atoms with Crippen molar-refractivity contribution in [2.24, 2.45) is 11.6 Å². The predicted molar refractivity (Wildman–Crippen MR) is 99.3 cm³/mol. The Morgan fingerprint density at radius 2 is 1.88 bits per heavy atom. The number of nitrogens with two attached hydrogens (primary N) is 4. The van der Waals surface area contributed by atoms with E-state index in [4.69, 9.17) is 23.0 Å². The van der Waals surface area contributed by atoms with E-state index < -0.39 is 0 Å². The summed E-state index contributed by atoms with van der Waals surface area (Å²) in [6.45, 7) is 1.20. The van der Waals surface area contributed by atoms with Crippen LogP contribution in [0.15, 0.2) is 42.7 Å². The molecule has 2 heterocycles. The van der Waals surface area contributed by atoms with E-state index in [1.807, 2.05) is 29.2 Å². The largest absolute Gasteiger partial charge is 0.395 e. The van der Waals surface area contributed by atoms with Crippen LogP contribution in [-0.2, 0) is 19.5 Å². The van der Waals surface area contributed by atoms with Crippen molar-refractivity contribution in [3.63, 3.8) is 0 Å². The van der Waals surface area contributed by atoms with Crippen molar-refractivity contribution in [2.45, 2.75) is 19.5 Å². The van der Waals surface area contributed by atoms with Crippen LogP contribution >= 0.6 is 0 Å². The number of pyridine rings is 1. The van der Waals surface area contributed by atoms with Gasteiger partial charge >= 0.3 is 0 Å². The van der Waals surface area contributed by atoms with Gasteiger partial charge in [0.1, 0.15) is 5.82 Å². The Balaban J connectivity index is 1.77. The highest BCUT2D eigenvalue weighted by atomic mass is 15.3. The van der Waals surface area contributed by atoms with Crippen LogP contribution in [0.5, 0.6) is 0 Å². The van der Waals surface area contributed by atoms with E-state index in [0.29, 0.717) is 36.8 Å². The van der Waals surface area contributed by atoms with Crippen molar-refractivity contribution in [3.05, 3.63) is 65.0 Å². The third-order valence-electron chi connectivity index (χ3n) is 3.95. The van der Waals surface area contributed by atoms with Gasteiger partial charge in [-0.25, -0.2) is 10.8 Å². The molecule has 130 valence electrons. The molecule has 0 atom stereocenters. The summed E-state index contributed by atoms with van der Waals surface area (Å²) in [6.07, 6.45) is 4.40. The lowest BCUT2D eigenvalue weighted by molar-refractivity contribution is 0.685. The monoisotopic (exact) mass is 338 g/mol. The fourth-order valence-electron chi connectivity index (χ4n) is 2.73. The molecule has 0 aliphatic rings. The SMILES string of the molecule is NCc1cccc(Cn2cc(Cc3cc(N)nc(NN)c3N)cn2)c1. The number of hydrogen-bond acceptors (Lipinski definition) is 7. The topological polar surface area (TPSA) is 147 Å². The molecule has 2 aromatic heterocycles. The average molecular weight is 338 g/mol. The zero-order chi connectivity index (χ0) is 17.8. The minimum Gasteiger partial charge on any atom is -0.395 e. The maximum Gasteiger partial charge on any atom is 0.165 e. The summed E-state index contributed by atoms with van der Waals surface area (Å²) in [7, 11) is 0. The normalized spacial score (nSPS) is 10.8. The van der Waals surface area contributed by atoms with Crippen LogP contribution in [0.1, 0.15) is 22.3 Å². The fourth-order valence-corrected chi connectivity index (χ4v) is 2.73. The third kappa shape index (κ3) is 3.87. The number of rotatable bonds is 6. The molecule has 0 bridgehead atoms. The van der Waals surface area contributed by atoms with Gasteiger partial charge in [-0.3, -0.25) is 4.68 Å². The summed E-state index contributed by atoms with van der Waals surface area (Å²) in [6, 6.07) is 9.91. The van der Waals surface area contributed by atoms with Crippen molar-refractivity contribution >= 4 is 17.3 Å². The molecule has 25 heavy (non-hydrogen) atoms. The van der Waals surface area contributed by atoms with E-state index in [9.17, 15) is 0 Å². The summed E-state index contributed by atoms with van der Waals surface area (Å²) < 4.78 is 1.88. The third-order valence-corrected chi connectivity index (χ3v) is 3.95. The number of aromatic nitrogens is 3. The quantitative estimate of drug-likeness (QED) is 0.330. The fraction of sp³-hybridized carbons (Fsp3) is 0.176. The highest BCUT2D eigenvalue weighted by Gasteiger charge is 2.10. The van der Waals surface area contributed by atoms with E-state index >= 15 is 0 Å². The van der Waals surface area contributed by atoms with Crippen molar-refractivity contribution in [3.8, 4) is 0 Å². The molecule has 9 N–H and O–H groups in total. The Hall–Kier alpha value is -3.10. The Morgan fingerprint density at radius 3 is 2.64 bits per heavy atom. The van der Waals surface area contributed by atoms with Crippen LogP contribution < -0.4 is 28.5 Å². The molecule has 8 heteroatoms. The molecule has 0 aliphatic carbocycles. The number of nitrogens with zero attached hydrogens (tertiary/aromatic N) is 3. The first kappa shape index (κ1) is 16.7. The number of hydrogen-bond donors (Lipinski definition) is 5. The van der Waals surface area contributed by atoms with Gasteiger partial charge in [0.2, 0.25) is 0 Å². The molecule has 0 amide bonds. The molecule has 0 fully saturated rings. The average Bonchev–Trinajstić information content (AvgIpc) is 3.04. The Morgan fingerprint density at radius 1 is 1.08 bits per heavy atom. The minimum atomic E-state index is 0.364. The van der Waals surface area contributed by atoms with Crippen LogP contribution in [0.4, 0.5) is 17.3 Å². The van der Waals surface area contributed by atoms with E-state index in [0.717, 1.165) is 22.3 Å². The van der Waals surface area contributed by atoms with Gasteiger partial charge in [-0.1, -0.05) is 24.3 Å². The molecular weight excluding hydrogens is 316 g/mol. The van der Waals surface area contributed by atoms with Gasteiger partial charge in [-0.15, -0.1) is 0 Å². The summed E-state index contributed by atoms with van der Waals surface area (Å²) in [4.78, 5) is 4.06. The van der Waals surface area contributed by atoms with Gasteiger partial charge in [0.05, 0.1) is 18.4 Å². The first-order chi connectivity index (χ1) is 12.1. The standard InChI is InChI=1S/C17H22N8/c18-7-11-2-1-3-12(4-11)9-25-10-13(8-22-25)5-14-6-15(19)23-17(24-21)16(14)20/h1-4,6,8,10H,5,7,9,18,20-21H2,(H3,19,23,24). The van der Waals surface area contributed by atoms with Crippen molar-refractivity contribution in [2.75, 3.05) is 16.9 Å². The van der Waals surface area contributed by atoms with Crippen molar-refractivity contribution in [1.29, 1.82) is 0 Å². The Kier molecular flexibility index (Phi) is 4.82. The smallest absolute Gasteiger partial charge is 0.165 e. The van der Waals surface area contributed by atoms with Gasteiger partial charge in [0, 0.05) is 19.2 Å². The minimum absolute atomic E-state index is 0.364. The van der Waals surface area contributed by atoms with E-state index in [1.54, 1.807) is 6.07 Å². The number of nitrogen functional groups attached to an aromatic ring is 3.